The Labute approximate surface area is 150 Å². The van der Waals surface area contributed by atoms with Crippen molar-refractivity contribution in [2.75, 3.05) is 13.1 Å². The summed E-state index contributed by atoms with van der Waals surface area (Å²) in [5.41, 5.74) is -0.569. The van der Waals surface area contributed by atoms with Crippen LogP contribution in [0.3, 0.4) is 0 Å². The molecule has 1 fully saturated rings. The van der Waals surface area contributed by atoms with E-state index >= 15 is 0 Å². The Balaban J connectivity index is 2.11. The third-order valence-electron chi connectivity index (χ3n) is 3.51. The Hall–Kier alpha value is -2.65. The van der Waals surface area contributed by atoms with E-state index in [0.717, 1.165) is 9.96 Å². The summed E-state index contributed by atoms with van der Waals surface area (Å²) >= 11 is 0. The zero-order valence-corrected chi connectivity index (χ0v) is 14.8. The van der Waals surface area contributed by atoms with Crippen LogP contribution in [0.4, 0.5) is 4.79 Å². The highest BCUT2D eigenvalue weighted by molar-refractivity contribution is 5.89. The molecule has 1 saturated heterocycles. The summed E-state index contributed by atoms with van der Waals surface area (Å²) in [6.45, 7) is 4.33. The minimum atomic E-state index is -1.51. The second kappa shape index (κ2) is 7.71. The number of amides is 1. The molecule has 0 spiro atoms. The minimum absolute atomic E-state index is 0.262. The molecule has 0 bridgehead atoms. The van der Waals surface area contributed by atoms with Crippen molar-refractivity contribution in [1.82, 2.24) is 9.96 Å². The number of aliphatic hydroxyl groups is 1. The summed E-state index contributed by atoms with van der Waals surface area (Å²) in [6.07, 6.45) is -2.46. The van der Waals surface area contributed by atoms with E-state index in [1.807, 2.05) is 0 Å². The first-order chi connectivity index (χ1) is 12.1. The Morgan fingerprint density at radius 2 is 1.73 bits per heavy atom. The van der Waals surface area contributed by atoms with E-state index < -0.39 is 35.9 Å². The van der Waals surface area contributed by atoms with Gasteiger partial charge in [0.1, 0.15) is 11.8 Å². The van der Waals surface area contributed by atoms with E-state index in [0.29, 0.717) is 0 Å². The van der Waals surface area contributed by atoms with E-state index in [1.54, 1.807) is 51.1 Å². The highest BCUT2D eigenvalue weighted by Gasteiger charge is 2.44. The molecule has 2 unspecified atom stereocenters. The third-order valence-corrected chi connectivity index (χ3v) is 3.51. The third kappa shape index (κ3) is 4.93. The quantitative estimate of drug-likeness (QED) is 0.816. The maximum absolute atomic E-state index is 12.2. The lowest BCUT2D eigenvalue weighted by molar-refractivity contribution is -0.198. The molecule has 1 heterocycles. The number of nitrogens with zero attached hydrogens (tertiary/aromatic N) is 2. The van der Waals surface area contributed by atoms with Crippen LogP contribution in [-0.2, 0) is 14.4 Å². The molecular formula is C17H22N2O7. The topological polar surface area (TPSA) is 117 Å². The first kappa shape index (κ1) is 19.7. The molecule has 1 aromatic rings. The molecule has 9 heteroatoms. The van der Waals surface area contributed by atoms with E-state index in [4.69, 9.17) is 9.57 Å². The molecule has 9 nitrogen and oxygen atoms in total. The van der Waals surface area contributed by atoms with E-state index in [1.165, 1.54) is 0 Å². The van der Waals surface area contributed by atoms with Crippen LogP contribution in [0.2, 0.25) is 0 Å². The molecule has 0 aliphatic carbocycles. The molecule has 1 amide bonds. The van der Waals surface area contributed by atoms with E-state index in [2.05, 4.69) is 0 Å². The fourth-order valence-corrected chi connectivity index (χ4v) is 2.41. The molecule has 2 rings (SSSR count). The van der Waals surface area contributed by atoms with Crippen LogP contribution in [0.15, 0.2) is 30.3 Å². The SMILES string of the molecule is CC(C)(C)OC(=O)N1C(O)CN(OC(=O)c2ccccc2)CC1C(=O)O. The second-order valence-electron chi connectivity index (χ2n) is 6.81. The van der Waals surface area contributed by atoms with Gasteiger partial charge in [-0.3, -0.25) is 4.90 Å². The smallest absolute Gasteiger partial charge is 0.413 e. The van der Waals surface area contributed by atoms with Gasteiger partial charge in [-0.05, 0) is 32.9 Å². The molecule has 0 radical (unpaired) electrons. The predicted octanol–water partition coefficient (Wildman–Crippen LogP) is 1.08. The van der Waals surface area contributed by atoms with Gasteiger partial charge < -0.3 is 19.8 Å². The number of carbonyl (C=O) groups is 3. The van der Waals surface area contributed by atoms with Crippen LogP contribution >= 0.6 is 0 Å². The molecule has 2 atom stereocenters. The van der Waals surface area contributed by atoms with Gasteiger partial charge in [0.25, 0.3) is 0 Å². The van der Waals surface area contributed by atoms with Gasteiger partial charge in [0.15, 0.2) is 6.04 Å². The van der Waals surface area contributed by atoms with Gasteiger partial charge in [0, 0.05) is 0 Å². The van der Waals surface area contributed by atoms with Crippen LogP contribution in [0, 0.1) is 0 Å². The Morgan fingerprint density at radius 3 is 2.27 bits per heavy atom. The van der Waals surface area contributed by atoms with Crippen LogP contribution in [-0.4, -0.2) is 69.2 Å². The maximum Gasteiger partial charge on any atom is 0.413 e. The number of benzene rings is 1. The summed E-state index contributed by atoms with van der Waals surface area (Å²) in [4.78, 5) is 41.8. The van der Waals surface area contributed by atoms with Gasteiger partial charge in [-0.15, -0.1) is 5.06 Å². The Bertz CT molecular complexity index is 671. The monoisotopic (exact) mass is 366 g/mol. The van der Waals surface area contributed by atoms with Crippen LogP contribution < -0.4 is 0 Å². The number of hydrogen-bond donors (Lipinski definition) is 2. The fraction of sp³-hybridized carbons (Fsp3) is 0.471. The first-order valence-corrected chi connectivity index (χ1v) is 8.03. The van der Waals surface area contributed by atoms with Crippen molar-refractivity contribution in [2.45, 2.75) is 38.6 Å². The number of aliphatic carboxylic acids is 1. The van der Waals surface area contributed by atoms with Crippen LogP contribution in [0.5, 0.6) is 0 Å². The molecule has 1 aliphatic rings. The molecule has 1 aromatic carbocycles. The predicted molar refractivity (Wildman–Crippen MR) is 88.9 cm³/mol. The normalized spacial score (nSPS) is 21.2. The zero-order chi connectivity index (χ0) is 19.5. The highest BCUT2D eigenvalue weighted by atomic mass is 16.7. The molecule has 0 aromatic heterocycles. The lowest BCUT2D eigenvalue weighted by Gasteiger charge is -2.41. The van der Waals surface area contributed by atoms with Crippen molar-refractivity contribution in [3.63, 3.8) is 0 Å². The van der Waals surface area contributed by atoms with Crippen LogP contribution in [0.1, 0.15) is 31.1 Å². The molecule has 142 valence electrons. The summed E-state index contributed by atoms with van der Waals surface area (Å²) in [5.74, 6) is -2.04. The molecule has 0 saturated carbocycles. The summed E-state index contributed by atoms with van der Waals surface area (Å²) in [5, 5.41) is 20.7. The van der Waals surface area contributed by atoms with Crippen LogP contribution in [0.25, 0.3) is 0 Å². The fourth-order valence-electron chi connectivity index (χ4n) is 2.41. The van der Waals surface area contributed by atoms with Crippen molar-refractivity contribution >= 4 is 18.0 Å². The lowest BCUT2D eigenvalue weighted by atomic mass is 10.1. The van der Waals surface area contributed by atoms with Gasteiger partial charge in [0.05, 0.1) is 18.7 Å². The second-order valence-corrected chi connectivity index (χ2v) is 6.81. The van der Waals surface area contributed by atoms with E-state index in [9.17, 15) is 24.6 Å². The first-order valence-electron chi connectivity index (χ1n) is 8.03. The number of hydroxylamine groups is 2. The standard InChI is InChI=1S/C17H22N2O7/c1-17(2,3)25-16(24)19-12(14(21)22)9-18(10-13(19)20)26-15(23)11-7-5-4-6-8-11/h4-8,12-13,20H,9-10H2,1-3H3,(H,21,22). The number of rotatable bonds is 3. The van der Waals surface area contributed by atoms with Gasteiger partial charge in [-0.2, -0.15) is 0 Å². The van der Waals surface area contributed by atoms with Gasteiger partial charge in [-0.25, -0.2) is 14.4 Å². The lowest BCUT2D eigenvalue weighted by Crippen LogP contribution is -2.63. The minimum Gasteiger partial charge on any atom is -0.480 e. The van der Waals surface area contributed by atoms with Gasteiger partial charge >= 0.3 is 18.0 Å². The van der Waals surface area contributed by atoms with Crippen molar-refractivity contribution in [3.8, 4) is 0 Å². The molecule has 26 heavy (non-hydrogen) atoms. The Kier molecular flexibility index (Phi) is 5.83. The summed E-state index contributed by atoms with van der Waals surface area (Å²) < 4.78 is 5.15. The summed E-state index contributed by atoms with van der Waals surface area (Å²) in [7, 11) is 0. The summed E-state index contributed by atoms with van der Waals surface area (Å²) in [6, 6.07) is 6.71. The van der Waals surface area contributed by atoms with Crippen molar-refractivity contribution in [3.05, 3.63) is 35.9 Å². The highest BCUT2D eigenvalue weighted by Crippen LogP contribution is 2.20. The number of hydrogen-bond acceptors (Lipinski definition) is 7. The molecule has 2 N–H and O–H groups in total. The molecule has 1 aliphatic heterocycles. The van der Waals surface area contributed by atoms with Gasteiger partial charge in [-0.1, -0.05) is 18.2 Å². The number of carboxylic acid groups (broad SMARTS) is 1. The number of aliphatic hydroxyl groups excluding tert-OH is 1. The number of piperazine rings is 1. The van der Waals surface area contributed by atoms with E-state index in [-0.39, 0.29) is 18.7 Å². The Morgan fingerprint density at radius 1 is 1.12 bits per heavy atom. The largest absolute Gasteiger partial charge is 0.480 e. The number of carboxylic acids is 1. The molecular weight excluding hydrogens is 344 g/mol. The van der Waals surface area contributed by atoms with Crippen molar-refractivity contribution in [1.29, 1.82) is 0 Å². The average Bonchev–Trinajstić information content (AvgIpc) is 2.53. The van der Waals surface area contributed by atoms with Gasteiger partial charge in [0.2, 0.25) is 0 Å². The van der Waals surface area contributed by atoms with Crippen molar-refractivity contribution < 1.29 is 34.2 Å². The number of β-amino-alcohol motifs (C(OH)–C–C–N with tert-alkyl or cyclic N) is 1. The maximum atomic E-state index is 12.2. The number of ether oxygens (including phenoxy) is 1. The average molecular weight is 366 g/mol. The van der Waals surface area contributed by atoms with Crippen molar-refractivity contribution in [2.24, 2.45) is 0 Å². The number of carbonyl (C=O) groups excluding carboxylic acids is 2. The zero-order valence-electron chi connectivity index (χ0n) is 14.8.